The van der Waals surface area contributed by atoms with Crippen molar-refractivity contribution in [1.29, 1.82) is 0 Å². The van der Waals surface area contributed by atoms with Crippen LogP contribution in [-0.2, 0) is 4.74 Å². The lowest BCUT2D eigenvalue weighted by Crippen LogP contribution is -2.32. The van der Waals surface area contributed by atoms with Crippen LogP contribution in [0, 0.1) is 0 Å². The summed E-state index contributed by atoms with van der Waals surface area (Å²) >= 11 is 0. The summed E-state index contributed by atoms with van der Waals surface area (Å²) in [6.45, 7) is 0.984. The van der Waals surface area contributed by atoms with Gasteiger partial charge in [-0.05, 0) is 56.1 Å². The number of rotatable bonds is 1. The first kappa shape index (κ1) is 10.3. The maximum atomic E-state index is 5.95. The molecule has 0 unspecified atom stereocenters. The second-order valence-electron chi connectivity index (χ2n) is 5.20. The normalized spacial score (nSPS) is 34.4. The summed E-state index contributed by atoms with van der Waals surface area (Å²) in [6.07, 6.45) is 11.5. The molecule has 86 valence electrons. The van der Waals surface area contributed by atoms with E-state index >= 15 is 0 Å². The Morgan fingerprint density at radius 1 is 1.25 bits per heavy atom. The molecular formula is C14H19NO. The zero-order chi connectivity index (χ0) is 10.8. The molecule has 0 atom stereocenters. The molecule has 2 fully saturated rings. The van der Waals surface area contributed by atoms with Gasteiger partial charge in [0.2, 0.25) is 0 Å². The molecule has 1 aliphatic heterocycles. The molecule has 0 N–H and O–H groups in total. The van der Waals surface area contributed by atoms with Crippen molar-refractivity contribution in [2.45, 2.75) is 50.0 Å². The maximum absolute atomic E-state index is 5.95. The minimum Gasteiger partial charge on any atom is -0.375 e. The van der Waals surface area contributed by atoms with Gasteiger partial charge in [-0.2, -0.15) is 0 Å². The highest BCUT2D eigenvalue weighted by molar-refractivity contribution is 5.16. The third-order valence-corrected chi connectivity index (χ3v) is 4.24. The average molecular weight is 217 g/mol. The Bertz CT molecular complexity index is 333. The van der Waals surface area contributed by atoms with Crippen LogP contribution in [0.1, 0.15) is 50.0 Å². The van der Waals surface area contributed by atoms with Gasteiger partial charge in [0.1, 0.15) is 0 Å². The molecule has 1 spiro atoms. The van der Waals surface area contributed by atoms with E-state index in [-0.39, 0.29) is 5.60 Å². The Hall–Kier alpha value is -0.890. The van der Waals surface area contributed by atoms with Crippen molar-refractivity contribution in [3.8, 4) is 0 Å². The second-order valence-corrected chi connectivity index (χ2v) is 5.20. The van der Waals surface area contributed by atoms with Crippen molar-refractivity contribution in [3.63, 3.8) is 0 Å². The van der Waals surface area contributed by atoms with Gasteiger partial charge in [0.25, 0.3) is 0 Å². The van der Waals surface area contributed by atoms with Gasteiger partial charge in [-0.3, -0.25) is 4.98 Å². The minimum absolute atomic E-state index is 0.263. The summed E-state index contributed by atoms with van der Waals surface area (Å²) in [6, 6.07) is 4.26. The molecular weight excluding hydrogens is 198 g/mol. The van der Waals surface area contributed by atoms with E-state index in [9.17, 15) is 0 Å². The standard InChI is InChI=1S/C14H19NO/c1-3-13(11-15-9-1)12-4-7-14(8-5-12)6-2-10-16-14/h1,3,9,11-12H,2,4-8,10H2. The summed E-state index contributed by atoms with van der Waals surface area (Å²) in [4.78, 5) is 4.22. The lowest BCUT2D eigenvalue weighted by Gasteiger charge is -2.36. The largest absolute Gasteiger partial charge is 0.375 e. The number of nitrogens with zero attached hydrogens (tertiary/aromatic N) is 1. The van der Waals surface area contributed by atoms with Gasteiger partial charge < -0.3 is 4.74 Å². The van der Waals surface area contributed by atoms with Gasteiger partial charge in [0, 0.05) is 19.0 Å². The topological polar surface area (TPSA) is 22.1 Å². The first-order chi connectivity index (χ1) is 7.88. The Balaban J connectivity index is 1.66. The lowest BCUT2D eigenvalue weighted by atomic mass is 9.75. The average Bonchev–Trinajstić information content (AvgIpc) is 2.80. The highest BCUT2D eigenvalue weighted by Gasteiger charge is 2.38. The SMILES string of the molecule is c1cncc(C2CCC3(CCCO3)CC2)c1. The molecule has 16 heavy (non-hydrogen) atoms. The van der Waals surface area contributed by atoms with E-state index in [0.717, 1.165) is 6.61 Å². The fourth-order valence-corrected chi connectivity index (χ4v) is 3.24. The fourth-order valence-electron chi connectivity index (χ4n) is 3.24. The molecule has 3 rings (SSSR count). The molecule has 1 aromatic rings. The van der Waals surface area contributed by atoms with Crippen LogP contribution in [0.3, 0.4) is 0 Å². The molecule has 2 heteroatoms. The van der Waals surface area contributed by atoms with E-state index in [1.165, 1.54) is 44.1 Å². The van der Waals surface area contributed by atoms with Crippen molar-refractivity contribution < 1.29 is 4.74 Å². The highest BCUT2D eigenvalue weighted by Crippen LogP contribution is 2.44. The van der Waals surface area contributed by atoms with Crippen LogP contribution in [0.4, 0.5) is 0 Å². The van der Waals surface area contributed by atoms with E-state index in [0.29, 0.717) is 5.92 Å². The minimum atomic E-state index is 0.263. The predicted molar refractivity (Wildman–Crippen MR) is 63.4 cm³/mol. The number of aromatic nitrogens is 1. The molecule has 0 aromatic carbocycles. The van der Waals surface area contributed by atoms with Crippen LogP contribution >= 0.6 is 0 Å². The molecule has 1 aliphatic carbocycles. The van der Waals surface area contributed by atoms with Gasteiger partial charge in [0.05, 0.1) is 5.60 Å². The van der Waals surface area contributed by atoms with Crippen molar-refractivity contribution >= 4 is 0 Å². The predicted octanol–water partition coefficient (Wildman–Crippen LogP) is 3.29. The van der Waals surface area contributed by atoms with Crippen LogP contribution < -0.4 is 0 Å². The van der Waals surface area contributed by atoms with E-state index in [2.05, 4.69) is 11.1 Å². The molecule has 2 nitrogen and oxygen atoms in total. The van der Waals surface area contributed by atoms with Crippen molar-refractivity contribution in [3.05, 3.63) is 30.1 Å². The van der Waals surface area contributed by atoms with Gasteiger partial charge >= 0.3 is 0 Å². The Kier molecular flexibility index (Phi) is 2.68. The smallest absolute Gasteiger partial charge is 0.0683 e. The van der Waals surface area contributed by atoms with E-state index < -0.39 is 0 Å². The quantitative estimate of drug-likeness (QED) is 0.720. The zero-order valence-electron chi connectivity index (χ0n) is 9.69. The number of ether oxygens (including phenoxy) is 1. The summed E-state index contributed by atoms with van der Waals surface area (Å²) in [5.74, 6) is 0.712. The Labute approximate surface area is 97.0 Å². The van der Waals surface area contributed by atoms with Gasteiger partial charge in [-0.1, -0.05) is 6.07 Å². The van der Waals surface area contributed by atoms with E-state index in [4.69, 9.17) is 4.74 Å². The molecule has 1 saturated carbocycles. The van der Waals surface area contributed by atoms with Crippen molar-refractivity contribution in [2.75, 3.05) is 6.61 Å². The summed E-state index contributed by atoms with van der Waals surface area (Å²) in [5, 5.41) is 0. The van der Waals surface area contributed by atoms with Gasteiger partial charge in [-0.15, -0.1) is 0 Å². The Morgan fingerprint density at radius 2 is 2.12 bits per heavy atom. The number of hydrogen-bond acceptors (Lipinski definition) is 2. The molecule has 0 amide bonds. The lowest BCUT2D eigenvalue weighted by molar-refractivity contribution is -0.0281. The molecule has 0 radical (unpaired) electrons. The van der Waals surface area contributed by atoms with Gasteiger partial charge in [-0.25, -0.2) is 0 Å². The zero-order valence-corrected chi connectivity index (χ0v) is 9.69. The third kappa shape index (κ3) is 1.86. The van der Waals surface area contributed by atoms with Crippen LogP contribution in [0.2, 0.25) is 0 Å². The monoisotopic (exact) mass is 217 g/mol. The molecule has 1 aromatic heterocycles. The van der Waals surface area contributed by atoms with Crippen LogP contribution in [0.25, 0.3) is 0 Å². The van der Waals surface area contributed by atoms with E-state index in [1.54, 1.807) is 0 Å². The molecule has 2 aliphatic rings. The first-order valence-electron chi connectivity index (χ1n) is 6.42. The van der Waals surface area contributed by atoms with Crippen LogP contribution in [-0.4, -0.2) is 17.2 Å². The summed E-state index contributed by atoms with van der Waals surface area (Å²) in [7, 11) is 0. The summed E-state index contributed by atoms with van der Waals surface area (Å²) in [5.41, 5.74) is 1.67. The van der Waals surface area contributed by atoms with Crippen molar-refractivity contribution in [2.24, 2.45) is 0 Å². The third-order valence-electron chi connectivity index (χ3n) is 4.24. The van der Waals surface area contributed by atoms with Crippen LogP contribution in [0.5, 0.6) is 0 Å². The Morgan fingerprint density at radius 3 is 2.75 bits per heavy atom. The van der Waals surface area contributed by atoms with Crippen LogP contribution in [0.15, 0.2) is 24.5 Å². The second kappa shape index (κ2) is 4.17. The van der Waals surface area contributed by atoms with Gasteiger partial charge in [0.15, 0.2) is 0 Å². The molecule has 0 bridgehead atoms. The molecule has 1 saturated heterocycles. The first-order valence-corrected chi connectivity index (χ1v) is 6.42. The maximum Gasteiger partial charge on any atom is 0.0683 e. The summed E-state index contributed by atoms with van der Waals surface area (Å²) < 4.78 is 5.95. The highest BCUT2D eigenvalue weighted by atomic mass is 16.5. The number of hydrogen-bond donors (Lipinski definition) is 0. The molecule has 2 heterocycles. The number of pyridine rings is 1. The fraction of sp³-hybridized carbons (Fsp3) is 0.643. The van der Waals surface area contributed by atoms with Crippen molar-refractivity contribution in [1.82, 2.24) is 4.98 Å². The van der Waals surface area contributed by atoms with E-state index in [1.807, 2.05) is 18.5 Å².